The zero-order chi connectivity index (χ0) is 31.5. The fourth-order valence-electron chi connectivity index (χ4n) is 4.79. The topological polar surface area (TPSA) is 177 Å². The van der Waals surface area contributed by atoms with Gasteiger partial charge in [-0.1, -0.05) is 60.7 Å². The van der Waals surface area contributed by atoms with Gasteiger partial charge in [-0.05, 0) is 41.3 Å². The van der Waals surface area contributed by atoms with Crippen LogP contribution in [0.2, 0.25) is 0 Å². The number of benzene rings is 3. The average molecular weight is 623 g/mol. The summed E-state index contributed by atoms with van der Waals surface area (Å²) in [5.41, 5.74) is 14.0. The predicted octanol–water partition coefficient (Wildman–Crippen LogP) is 1.80. The molecular formula is C31H38N6O6S. The Morgan fingerprint density at radius 3 is 2.18 bits per heavy atom. The van der Waals surface area contributed by atoms with E-state index in [0.717, 1.165) is 16.7 Å². The van der Waals surface area contributed by atoms with Crippen molar-refractivity contribution in [1.82, 2.24) is 14.5 Å². The molecule has 3 aromatic rings. The molecule has 12 nitrogen and oxygen atoms in total. The van der Waals surface area contributed by atoms with Gasteiger partial charge in [0.15, 0.2) is 0 Å². The maximum absolute atomic E-state index is 13.8. The second kappa shape index (κ2) is 15.4. The van der Waals surface area contributed by atoms with Gasteiger partial charge in [-0.15, -0.1) is 0 Å². The van der Waals surface area contributed by atoms with Crippen LogP contribution in [0.15, 0.2) is 83.8 Å². The Morgan fingerprint density at radius 1 is 0.818 bits per heavy atom. The molecule has 1 heterocycles. The summed E-state index contributed by atoms with van der Waals surface area (Å²) in [7, 11) is -4.19. The second-order valence-corrected chi connectivity index (χ2v) is 12.1. The number of hydrogen-bond acceptors (Lipinski definition) is 8. The predicted molar refractivity (Wildman–Crippen MR) is 166 cm³/mol. The molecule has 1 saturated heterocycles. The van der Waals surface area contributed by atoms with Crippen molar-refractivity contribution >= 4 is 33.6 Å². The number of carbonyl (C=O) groups excluding carboxylic acids is 3. The van der Waals surface area contributed by atoms with Gasteiger partial charge in [0, 0.05) is 51.4 Å². The third kappa shape index (κ3) is 9.10. The van der Waals surface area contributed by atoms with Gasteiger partial charge in [-0.3, -0.25) is 9.59 Å². The highest BCUT2D eigenvalue weighted by Gasteiger charge is 2.33. The number of nitrogens with one attached hydrogen (secondary N) is 2. The van der Waals surface area contributed by atoms with E-state index in [4.69, 9.17) is 16.2 Å². The molecule has 3 aromatic carbocycles. The summed E-state index contributed by atoms with van der Waals surface area (Å²) in [6.45, 7) is 1.50. The van der Waals surface area contributed by atoms with E-state index in [1.54, 1.807) is 17.0 Å². The van der Waals surface area contributed by atoms with E-state index in [-0.39, 0.29) is 63.0 Å². The lowest BCUT2D eigenvalue weighted by Gasteiger charge is -2.36. The number of sulfonamides is 1. The Labute approximate surface area is 257 Å². The Morgan fingerprint density at radius 2 is 1.48 bits per heavy atom. The molecule has 44 heavy (non-hydrogen) atoms. The third-order valence-electron chi connectivity index (χ3n) is 7.12. The van der Waals surface area contributed by atoms with Gasteiger partial charge in [-0.2, -0.15) is 4.72 Å². The van der Waals surface area contributed by atoms with Crippen LogP contribution >= 0.6 is 0 Å². The fraction of sp³-hybridized carbons (Fsp3) is 0.323. The van der Waals surface area contributed by atoms with Gasteiger partial charge >= 0.3 is 6.09 Å². The summed E-state index contributed by atoms with van der Waals surface area (Å²) in [5.74, 6) is -0.762. The Balaban J connectivity index is 1.47. The van der Waals surface area contributed by atoms with E-state index in [0.29, 0.717) is 12.2 Å². The molecule has 0 bridgehead atoms. The zero-order valence-corrected chi connectivity index (χ0v) is 25.2. The molecule has 0 spiro atoms. The molecule has 13 heteroatoms. The minimum Gasteiger partial charge on any atom is -0.445 e. The first-order valence-electron chi connectivity index (χ1n) is 14.3. The van der Waals surface area contributed by atoms with E-state index in [1.165, 1.54) is 23.1 Å². The molecule has 1 fully saturated rings. The van der Waals surface area contributed by atoms with Gasteiger partial charge < -0.3 is 31.3 Å². The molecule has 1 atom stereocenters. The molecule has 0 unspecified atom stereocenters. The van der Waals surface area contributed by atoms with Gasteiger partial charge in [-0.25, -0.2) is 13.2 Å². The summed E-state index contributed by atoms with van der Waals surface area (Å²) in [6.07, 6.45) is -0.306. The van der Waals surface area contributed by atoms with Crippen molar-refractivity contribution in [2.24, 2.45) is 11.5 Å². The lowest BCUT2D eigenvalue weighted by Crippen LogP contribution is -2.56. The summed E-state index contributed by atoms with van der Waals surface area (Å²) < 4.78 is 35.1. The fourth-order valence-corrected chi connectivity index (χ4v) is 6.02. The Bertz CT molecular complexity index is 1540. The molecule has 0 saturated carbocycles. The first kappa shape index (κ1) is 32.6. The van der Waals surface area contributed by atoms with Crippen molar-refractivity contribution < 1.29 is 27.5 Å². The number of rotatable bonds is 12. The molecule has 4 rings (SSSR count). The lowest BCUT2D eigenvalue weighted by molar-refractivity contribution is -0.134. The smallest absolute Gasteiger partial charge is 0.410 e. The maximum Gasteiger partial charge on any atom is 0.410 e. The first-order valence-corrected chi connectivity index (χ1v) is 15.8. The number of carbonyl (C=O) groups is 3. The van der Waals surface area contributed by atoms with Crippen molar-refractivity contribution in [3.63, 3.8) is 0 Å². The lowest BCUT2D eigenvalue weighted by atomic mass is 10.0. The zero-order valence-electron chi connectivity index (χ0n) is 24.4. The number of piperazine rings is 1. The largest absolute Gasteiger partial charge is 0.445 e. The van der Waals surface area contributed by atoms with Crippen LogP contribution in [-0.2, 0) is 43.9 Å². The highest BCUT2D eigenvalue weighted by Crippen LogP contribution is 2.19. The normalized spacial score (nSPS) is 14.1. The average Bonchev–Trinajstić information content (AvgIpc) is 3.04. The van der Waals surface area contributed by atoms with Crippen LogP contribution in [-0.4, -0.2) is 74.9 Å². The van der Waals surface area contributed by atoms with Gasteiger partial charge in [0.25, 0.3) is 0 Å². The van der Waals surface area contributed by atoms with Crippen LogP contribution in [0.1, 0.15) is 23.1 Å². The van der Waals surface area contributed by atoms with E-state index >= 15 is 0 Å². The molecule has 1 aliphatic rings. The second-order valence-electron chi connectivity index (χ2n) is 10.4. The molecule has 1 aliphatic heterocycles. The minimum absolute atomic E-state index is 0.0815. The van der Waals surface area contributed by atoms with Crippen molar-refractivity contribution in [2.75, 3.05) is 38.0 Å². The van der Waals surface area contributed by atoms with Crippen molar-refractivity contribution in [3.05, 3.63) is 95.6 Å². The standard InChI is InChI=1S/C31H38N6O6S/c32-13-12-29(38)34-26-10-5-11-27(20-26)44(41,42)35-28(19-24-8-4-9-25(18-24)21-33)30(39)36-14-16-37(17-15-36)31(40)43-22-23-6-2-1-3-7-23/h1-11,18,20,28,35H,12-17,19,21-22,32-33H2,(H,34,38)/t28-/m0/s1. The Hall–Kier alpha value is -4.30. The number of nitrogens with two attached hydrogens (primary N) is 2. The molecular weight excluding hydrogens is 584 g/mol. The van der Waals surface area contributed by atoms with Crippen LogP contribution in [0.3, 0.4) is 0 Å². The van der Waals surface area contributed by atoms with E-state index in [1.807, 2.05) is 48.5 Å². The Kier molecular flexibility index (Phi) is 11.4. The van der Waals surface area contributed by atoms with Crippen LogP contribution < -0.4 is 21.5 Å². The summed E-state index contributed by atoms with van der Waals surface area (Å²) >= 11 is 0. The van der Waals surface area contributed by atoms with Crippen LogP contribution in [0.5, 0.6) is 0 Å². The molecule has 6 N–H and O–H groups in total. The van der Waals surface area contributed by atoms with Crippen LogP contribution in [0, 0.1) is 0 Å². The molecule has 234 valence electrons. The number of anilines is 1. The summed E-state index contributed by atoms with van der Waals surface area (Å²) in [5, 5.41) is 2.63. The van der Waals surface area contributed by atoms with Crippen LogP contribution in [0.4, 0.5) is 10.5 Å². The van der Waals surface area contributed by atoms with E-state index in [9.17, 15) is 22.8 Å². The van der Waals surface area contributed by atoms with Crippen molar-refractivity contribution in [2.45, 2.75) is 36.9 Å². The van der Waals surface area contributed by atoms with Gasteiger partial charge in [0.05, 0.1) is 4.90 Å². The van der Waals surface area contributed by atoms with Crippen molar-refractivity contribution in [3.8, 4) is 0 Å². The minimum atomic E-state index is -4.19. The molecule has 0 aromatic heterocycles. The van der Waals surface area contributed by atoms with Gasteiger partial charge in [0.1, 0.15) is 12.6 Å². The maximum atomic E-state index is 13.8. The number of nitrogens with zero attached hydrogens (tertiary/aromatic N) is 2. The first-order chi connectivity index (χ1) is 21.2. The quantitative estimate of drug-likeness (QED) is 0.236. The highest BCUT2D eigenvalue weighted by atomic mass is 32.2. The summed E-state index contributed by atoms with van der Waals surface area (Å²) in [6, 6.07) is 21.3. The highest BCUT2D eigenvalue weighted by molar-refractivity contribution is 7.89. The molecule has 3 amide bonds. The molecule has 0 radical (unpaired) electrons. The number of ether oxygens (including phenoxy) is 1. The SMILES string of the molecule is NCCC(=O)Nc1cccc(S(=O)(=O)N[C@@H](Cc2cccc(CN)c2)C(=O)N2CCN(C(=O)OCc3ccccc3)CC2)c1. The summed E-state index contributed by atoms with van der Waals surface area (Å²) in [4.78, 5) is 41.4. The number of amides is 3. The van der Waals surface area contributed by atoms with E-state index in [2.05, 4.69) is 10.0 Å². The number of hydrogen-bond donors (Lipinski definition) is 4. The van der Waals surface area contributed by atoms with E-state index < -0.39 is 28.1 Å². The van der Waals surface area contributed by atoms with Crippen molar-refractivity contribution in [1.29, 1.82) is 0 Å². The third-order valence-corrected chi connectivity index (χ3v) is 8.59. The molecule has 0 aliphatic carbocycles. The monoisotopic (exact) mass is 622 g/mol. The van der Waals surface area contributed by atoms with Crippen LogP contribution in [0.25, 0.3) is 0 Å². The van der Waals surface area contributed by atoms with Gasteiger partial charge in [0.2, 0.25) is 21.8 Å².